The second-order valence-electron chi connectivity index (χ2n) is 5.84. The molecule has 9 heteroatoms. The molecule has 142 valence electrons. The summed E-state index contributed by atoms with van der Waals surface area (Å²) in [5.41, 5.74) is 1.57. The summed E-state index contributed by atoms with van der Waals surface area (Å²) in [6.07, 6.45) is 1.68. The molecule has 0 bridgehead atoms. The largest absolute Gasteiger partial charge is 0.278 e. The van der Waals surface area contributed by atoms with E-state index in [2.05, 4.69) is 9.71 Å². The minimum Gasteiger partial charge on any atom is -0.278 e. The van der Waals surface area contributed by atoms with Crippen LogP contribution in [-0.2, 0) is 15.8 Å². The lowest BCUT2D eigenvalue weighted by molar-refractivity contribution is 0.603. The second kappa shape index (κ2) is 7.78. The smallest absolute Gasteiger partial charge is 0.271 e. The van der Waals surface area contributed by atoms with Gasteiger partial charge in [0.05, 0.1) is 11.4 Å². The molecule has 0 aliphatic rings. The SMILES string of the molecule is O=c1cc(CSc2ccccc2NS(=O)(=O)c2cccs2)nc2ccccn12. The topological polar surface area (TPSA) is 80.5 Å². The van der Waals surface area contributed by atoms with Gasteiger partial charge in [-0.1, -0.05) is 24.3 Å². The standard InChI is InChI=1S/C19H15N3O3S3/c23-18-12-14(20-17-8-3-4-10-22(17)18)13-27-16-7-2-1-6-15(16)21-28(24,25)19-9-5-11-26-19/h1-12,21H,13H2. The minimum atomic E-state index is -3.62. The zero-order valence-electron chi connectivity index (χ0n) is 14.5. The molecule has 0 aliphatic carbocycles. The van der Waals surface area contributed by atoms with Crippen molar-refractivity contribution in [1.82, 2.24) is 9.38 Å². The third-order valence-corrected chi connectivity index (χ3v) is 7.76. The van der Waals surface area contributed by atoms with Crippen molar-refractivity contribution < 1.29 is 8.42 Å². The number of hydrogen-bond donors (Lipinski definition) is 1. The molecule has 4 rings (SSSR count). The molecule has 0 amide bonds. The van der Waals surface area contributed by atoms with Crippen LogP contribution in [0.4, 0.5) is 5.69 Å². The Labute approximate surface area is 169 Å². The van der Waals surface area contributed by atoms with Gasteiger partial charge in [-0.05, 0) is 35.7 Å². The summed E-state index contributed by atoms with van der Waals surface area (Å²) in [5.74, 6) is 0.443. The van der Waals surface area contributed by atoms with Gasteiger partial charge in [-0.2, -0.15) is 0 Å². The highest BCUT2D eigenvalue weighted by atomic mass is 32.2. The molecule has 3 heterocycles. The molecule has 0 aliphatic heterocycles. The van der Waals surface area contributed by atoms with Gasteiger partial charge in [0, 0.05) is 22.9 Å². The maximum Gasteiger partial charge on any atom is 0.271 e. The molecule has 6 nitrogen and oxygen atoms in total. The van der Waals surface area contributed by atoms with E-state index in [0.29, 0.717) is 22.8 Å². The van der Waals surface area contributed by atoms with E-state index in [-0.39, 0.29) is 9.77 Å². The molecule has 0 radical (unpaired) electrons. The Bertz CT molecular complexity index is 1280. The first-order valence-corrected chi connectivity index (χ1v) is 11.6. The van der Waals surface area contributed by atoms with Gasteiger partial charge >= 0.3 is 0 Å². The molecule has 0 atom stereocenters. The molecule has 0 unspecified atom stereocenters. The summed E-state index contributed by atoms with van der Waals surface area (Å²) in [4.78, 5) is 17.5. The summed E-state index contributed by atoms with van der Waals surface area (Å²) in [5, 5.41) is 1.72. The molecular weight excluding hydrogens is 414 g/mol. The molecule has 28 heavy (non-hydrogen) atoms. The van der Waals surface area contributed by atoms with Crippen LogP contribution in [-0.4, -0.2) is 17.8 Å². The van der Waals surface area contributed by atoms with E-state index in [4.69, 9.17) is 0 Å². The van der Waals surface area contributed by atoms with Crippen molar-refractivity contribution in [3.63, 3.8) is 0 Å². The molecule has 0 saturated carbocycles. The summed E-state index contributed by atoms with van der Waals surface area (Å²) in [6.45, 7) is 0. The highest BCUT2D eigenvalue weighted by Crippen LogP contribution is 2.31. The Morgan fingerprint density at radius 1 is 1.07 bits per heavy atom. The van der Waals surface area contributed by atoms with Crippen LogP contribution in [0.1, 0.15) is 5.69 Å². The number of nitrogens with zero attached hydrogens (tertiary/aromatic N) is 2. The number of aromatic nitrogens is 2. The van der Waals surface area contributed by atoms with Crippen molar-refractivity contribution in [2.75, 3.05) is 4.72 Å². The first kappa shape index (κ1) is 18.7. The lowest BCUT2D eigenvalue weighted by Gasteiger charge is -2.11. The normalized spacial score (nSPS) is 11.6. The van der Waals surface area contributed by atoms with E-state index in [1.54, 1.807) is 48.0 Å². The Balaban J connectivity index is 1.57. The van der Waals surface area contributed by atoms with E-state index in [1.807, 2.05) is 18.2 Å². The Morgan fingerprint density at radius 2 is 1.89 bits per heavy atom. The number of thioether (sulfide) groups is 1. The number of benzene rings is 1. The molecule has 4 aromatic rings. The number of thiophene rings is 1. The van der Waals surface area contributed by atoms with Crippen LogP contribution >= 0.6 is 23.1 Å². The first-order valence-electron chi connectivity index (χ1n) is 8.28. The quantitative estimate of drug-likeness (QED) is 0.471. The lowest BCUT2D eigenvalue weighted by Crippen LogP contribution is -2.14. The van der Waals surface area contributed by atoms with Crippen LogP contribution in [0.2, 0.25) is 0 Å². The minimum absolute atomic E-state index is 0.145. The Morgan fingerprint density at radius 3 is 2.71 bits per heavy atom. The maximum absolute atomic E-state index is 12.5. The van der Waals surface area contributed by atoms with Crippen LogP contribution in [0.3, 0.4) is 0 Å². The highest BCUT2D eigenvalue weighted by Gasteiger charge is 2.17. The van der Waals surface area contributed by atoms with Crippen molar-refractivity contribution in [1.29, 1.82) is 0 Å². The van der Waals surface area contributed by atoms with Gasteiger partial charge in [0.2, 0.25) is 0 Å². The second-order valence-corrected chi connectivity index (χ2v) is 9.71. The predicted molar refractivity (Wildman–Crippen MR) is 113 cm³/mol. The molecule has 1 N–H and O–H groups in total. The van der Waals surface area contributed by atoms with Crippen LogP contribution in [0, 0.1) is 0 Å². The van der Waals surface area contributed by atoms with E-state index in [9.17, 15) is 13.2 Å². The number of para-hydroxylation sites is 1. The van der Waals surface area contributed by atoms with Gasteiger partial charge in [0.1, 0.15) is 9.86 Å². The van der Waals surface area contributed by atoms with E-state index in [1.165, 1.54) is 22.2 Å². The lowest BCUT2D eigenvalue weighted by atomic mass is 10.3. The molecule has 0 fully saturated rings. The number of fused-ring (bicyclic) bond motifs is 1. The van der Waals surface area contributed by atoms with Crippen molar-refractivity contribution in [2.45, 2.75) is 14.9 Å². The molecule has 1 aromatic carbocycles. The van der Waals surface area contributed by atoms with Gasteiger partial charge in [-0.3, -0.25) is 13.9 Å². The van der Waals surface area contributed by atoms with Gasteiger partial charge in [0.15, 0.2) is 0 Å². The van der Waals surface area contributed by atoms with Gasteiger partial charge in [-0.25, -0.2) is 13.4 Å². The van der Waals surface area contributed by atoms with Gasteiger partial charge < -0.3 is 0 Å². The third kappa shape index (κ3) is 3.96. The van der Waals surface area contributed by atoms with Crippen molar-refractivity contribution >= 4 is 44.5 Å². The number of rotatable bonds is 6. The fourth-order valence-corrected chi connectivity index (χ4v) is 5.65. The summed E-state index contributed by atoms with van der Waals surface area (Å²) < 4.78 is 29.4. The number of sulfonamides is 1. The van der Waals surface area contributed by atoms with Gasteiger partial charge in [-0.15, -0.1) is 23.1 Å². The molecule has 3 aromatic heterocycles. The van der Waals surface area contributed by atoms with Crippen molar-refractivity contribution in [3.05, 3.63) is 88.3 Å². The van der Waals surface area contributed by atoms with Crippen molar-refractivity contribution in [3.8, 4) is 0 Å². The van der Waals surface area contributed by atoms with E-state index in [0.717, 1.165) is 16.2 Å². The average molecular weight is 430 g/mol. The average Bonchev–Trinajstić information content (AvgIpc) is 3.23. The van der Waals surface area contributed by atoms with Crippen molar-refractivity contribution in [2.24, 2.45) is 0 Å². The highest BCUT2D eigenvalue weighted by molar-refractivity contribution is 7.99. The van der Waals surface area contributed by atoms with Crippen LogP contribution in [0.25, 0.3) is 5.65 Å². The number of pyridine rings is 1. The fourth-order valence-electron chi connectivity index (χ4n) is 2.62. The third-order valence-electron chi connectivity index (χ3n) is 3.89. The van der Waals surface area contributed by atoms with E-state index >= 15 is 0 Å². The maximum atomic E-state index is 12.5. The molecular formula is C19H15N3O3S3. The summed E-state index contributed by atoms with van der Waals surface area (Å²) in [7, 11) is -3.62. The fraction of sp³-hybridized carbons (Fsp3) is 0.0526. The zero-order valence-corrected chi connectivity index (χ0v) is 16.9. The van der Waals surface area contributed by atoms with E-state index < -0.39 is 10.0 Å². The van der Waals surface area contributed by atoms with Crippen LogP contribution in [0.15, 0.2) is 86.1 Å². The van der Waals surface area contributed by atoms with Gasteiger partial charge in [0.25, 0.3) is 15.6 Å². The Hall–Kier alpha value is -2.62. The van der Waals surface area contributed by atoms with Crippen LogP contribution < -0.4 is 10.3 Å². The monoisotopic (exact) mass is 429 g/mol. The molecule has 0 saturated heterocycles. The molecule has 0 spiro atoms. The summed E-state index contributed by atoms with van der Waals surface area (Å²) >= 11 is 2.58. The number of hydrogen-bond acceptors (Lipinski definition) is 6. The predicted octanol–water partition coefficient (Wildman–Crippen LogP) is 3.85. The first-order chi connectivity index (χ1) is 13.5. The van der Waals surface area contributed by atoms with Crippen LogP contribution in [0.5, 0.6) is 0 Å². The number of nitrogens with one attached hydrogen (secondary N) is 1. The summed E-state index contributed by atoms with van der Waals surface area (Å²) in [6, 6.07) is 17.3. The zero-order chi connectivity index (χ0) is 19.6. The number of anilines is 1. The Kier molecular flexibility index (Phi) is 5.21.